The third-order valence-corrected chi connectivity index (χ3v) is 5.12. The molecule has 134 valence electrons. The van der Waals surface area contributed by atoms with E-state index >= 15 is 0 Å². The van der Waals surface area contributed by atoms with Crippen LogP contribution >= 0.6 is 0 Å². The van der Waals surface area contributed by atoms with Crippen LogP contribution in [-0.4, -0.2) is 9.55 Å². The van der Waals surface area contributed by atoms with Gasteiger partial charge in [0, 0.05) is 22.5 Å². The lowest BCUT2D eigenvalue weighted by Gasteiger charge is -2.13. The van der Waals surface area contributed by atoms with Crippen molar-refractivity contribution in [3.63, 3.8) is 0 Å². The second-order valence-corrected chi connectivity index (χ2v) is 6.76. The maximum absolute atomic E-state index is 9.34. The fourth-order valence-electron chi connectivity index (χ4n) is 3.81. The summed E-state index contributed by atoms with van der Waals surface area (Å²) in [4.78, 5) is 4.50. The second-order valence-electron chi connectivity index (χ2n) is 6.76. The zero-order valence-corrected chi connectivity index (χ0v) is 15.4. The highest BCUT2D eigenvalue weighted by Crippen LogP contribution is 2.35. The molecule has 0 saturated heterocycles. The van der Waals surface area contributed by atoms with Gasteiger partial charge in [0.2, 0.25) is 0 Å². The molecule has 0 aliphatic rings. The van der Waals surface area contributed by atoms with E-state index in [9.17, 15) is 5.26 Å². The fraction of sp³-hybridized carbons (Fsp3) is 0. The molecule has 0 unspecified atom stereocenters. The molecule has 0 radical (unpaired) electrons. The number of nitriles is 2. The summed E-state index contributed by atoms with van der Waals surface area (Å²) in [6, 6.07) is 30.1. The first-order valence-corrected chi connectivity index (χ1v) is 9.19. The molecule has 0 fully saturated rings. The molecule has 3 aromatic carbocycles. The Morgan fingerprint density at radius 2 is 1.41 bits per heavy atom. The number of fused-ring (bicyclic) bond motifs is 3. The Labute approximate surface area is 167 Å². The van der Waals surface area contributed by atoms with Gasteiger partial charge in [0.25, 0.3) is 0 Å². The molecule has 0 saturated carbocycles. The maximum atomic E-state index is 9.34. The largest absolute Gasteiger partial charge is 0.309 e. The van der Waals surface area contributed by atoms with Gasteiger partial charge in [-0.3, -0.25) is 4.98 Å². The van der Waals surface area contributed by atoms with Crippen LogP contribution in [0, 0.1) is 22.7 Å². The van der Waals surface area contributed by atoms with Gasteiger partial charge in [0.15, 0.2) is 0 Å². The van der Waals surface area contributed by atoms with Crippen LogP contribution in [0.1, 0.15) is 11.1 Å². The van der Waals surface area contributed by atoms with Crippen molar-refractivity contribution in [3.8, 4) is 29.1 Å². The molecule has 0 aliphatic heterocycles. The number of para-hydroxylation sites is 2. The van der Waals surface area contributed by atoms with Crippen molar-refractivity contribution in [2.24, 2.45) is 0 Å². The topological polar surface area (TPSA) is 65.4 Å². The lowest BCUT2D eigenvalue weighted by Crippen LogP contribution is -1.98. The fourth-order valence-corrected chi connectivity index (χ4v) is 3.81. The molecule has 2 aromatic heterocycles. The number of aromatic nitrogens is 2. The third-order valence-electron chi connectivity index (χ3n) is 5.12. The van der Waals surface area contributed by atoms with Crippen LogP contribution in [0.3, 0.4) is 0 Å². The Kier molecular flexibility index (Phi) is 3.83. The van der Waals surface area contributed by atoms with Gasteiger partial charge in [0.05, 0.1) is 39.6 Å². The van der Waals surface area contributed by atoms with E-state index in [0.29, 0.717) is 11.1 Å². The van der Waals surface area contributed by atoms with Gasteiger partial charge in [-0.05, 0) is 42.5 Å². The van der Waals surface area contributed by atoms with Crippen molar-refractivity contribution >= 4 is 21.8 Å². The Hall–Kier alpha value is -4.41. The van der Waals surface area contributed by atoms with Crippen LogP contribution in [0.4, 0.5) is 0 Å². The van der Waals surface area contributed by atoms with Crippen molar-refractivity contribution in [2.45, 2.75) is 0 Å². The highest BCUT2D eigenvalue weighted by molar-refractivity contribution is 6.10. The van der Waals surface area contributed by atoms with Gasteiger partial charge in [-0.1, -0.05) is 36.4 Å². The Morgan fingerprint density at radius 1 is 0.690 bits per heavy atom. The van der Waals surface area contributed by atoms with Crippen molar-refractivity contribution in [3.05, 3.63) is 96.2 Å². The monoisotopic (exact) mass is 370 g/mol. The standard InChI is InChI=1S/C25H14N4/c26-14-17-10-12-25-21(13-17)19-5-1-3-7-23(19)29(25)24-8-4-2-6-20(24)22-11-9-18(15-27)16-28-22/h1-13,16H. The van der Waals surface area contributed by atoms with Crippen molar-refractivity contribution in [1.29, 1.82) is 10.5 Å². The number of nitrogens with zero attached hydrogens (tertiary/aromatic N) is 4. The van der Waals surface area contributed by atoms with Gasteiger partial charge < -0.3 is 4.57 Å². The minimum Gasteiger partial charge on any atom is -0.309 e. The minimum atomic E-state index is 0.534. The summed E-state index contributed by atoms with van der Waals surface area (Å²) in [6.45, 7) is 0. The van der Waals surface area contributed by atoms with Crippen LogP contribution in [0.15, 0.2) is 85.1 Å². The predicted molar refractivity (Wildman–Crippen MR) is 113 cm³/mol. The SMILES string of the molecule is N#Cc1ccc(-c2ccccc2-n2c3ccccc3c3cc(C#N)ccc32)nc1. The molecule has 4 heteroatoms. The summed E-state index contributed by atoms with van der Waals surface area (Å²) < 4.78 is 2.21. The Balaban J connectivity index is 1.85. The zero-order valence-electron chi connectivity index (χ0n) is 15.4. The minimum absolute atomic E-state index is 0.534. The first-order valence-electron chi connectivity index (χ1n) is 9.19. The molecular weight excluding hydrogens is 356 g/mol. The smallest absolute Gasteiger partial charge is 0.101 e. The second kappa shape index (κ2) is 6.64. The molecule has 0 N–H and O–H groups in total. The summed E-state index contributed by atoms with van der Waals surface area (Å²) >= 11 is 0. The number of hydrogen-bond donors (Lipinski definition) is 0. The lowest BCUT2D eigenvalue weighted by atomic mass is 10.1. The van der Waals surface area contributed by atoms with Crippen molar-refractivity contribution in [1.82, 2.24) is 9.55 Å². The van der Waals surface area contributed by atoms with Crippen molar-refractivity contribution in [2.75, 3.05) is 0 Å². The lowest BCUT2D eigenvalue weighted by molar-refractivity contribution is 1.17. The molecule has 0 aliphatic carbocycles. The first-order chi connectivity index (χ1) is 14.3. The predicted octanol–water partition coefficient (Wildman–Crippen LogP) is 5.59. The van der Waals surface area contributed by atoms with E-state index in [2.05, 4.69) is 39.9 Å². The molecule has 0 amide bonds. The number of hydrogen-bond acceptors (Lipinski definition) is 3. The Morgan fingerprint density at radius 3 is 2.21 bits per heavy atom. The van der Waals surface area contributed by atoms with Crippen LogP contribution < -0.4 is 0 Å². The number of pyridine rings is 1. The van der Waals surface area contributed by atoms with E-state index < -0.39 is 0 Å². The van der Waals surface area contributed by atoms with Gasteiger partial charge in [-0.15, -0.1) is 0 Å². The van der Waals surface area contributed by atoms with Crippen molar-refractivity contribution < 1.29 is 0 Å². The average molecular weight is 370 g/mol. The maximum Gasteiger partial charge on any atom is 0.101 e. The number of benzene rings is 3. The van der Waals surface area contributed by atoms with E-state index in [1.165, 1.54) is 0 Å². The summed E-state index contributed by atoms with van der Waals surface area (Å²) in [7, 11) is 0. The molecule has 5 aromatic rings. The highest BCUT2D eigenvalue weighted by Gasteiger charge is 2.16. The summed E-state index contributed by atoms with van der Waals surface area (Å²) in [5.41, 5.74) is 6.06. The average Bonchev–Trinajstić information content (AvgIpc) is 3.12. The molecular formula is C25H14N4. The van der Waals surface area contributed by atoms with E-state index in [-0.39, 0.29) is 0 Å². The summed E-state index contributed by atoms with van der Waals surface area (Å²) in [5.74, 6) is 0. The molecule has 5 rings (SSSR count). The van der Waals surface area contributed by atoms with Crippen LogP contribution in [0.5, 0.6) is 0 Å². The highest BCUT2D eigenvalue weighted by atomic mass is 15.0. The number of rotatable bonds is 2. The molecule has 0 bridgehead atoms. The molecule has 2 heterocycles. The van der Waals surface area contributed by atoms with E-state index in [1.807, 2.05) is 54.6 Å². The Bertz CT molecular complexity index is 1460. The van der Waals surface area contributed by atoms with Gasteiger partial charge in [-0.2, -0.15) is 10.5 Å². The first kappa shape index (κ1) is 16.7. The van der Waals surface area contributed by atoms with Gasteiger partial charge >= 0.3 is 0 Å². The van der Waals surface area contributed by atoms with Gasteiger partial charge in [0.1, 0.15) is 6.07 Å². The normalized spacial score (nSPS) is 10.7. The molecule has 0 spiro atoms. The summed E-state index contributed by atoms with van der Waals surface area (Å²) in [5, 5.41) is 20.5. The van der Waals surface area contributed by atoms with Gasteiger partial charge in [-0.25, -0.2) is 0 Å². The van der Waals surface area contributed by atoms with E-state index in [1.54, 1.807) is 12.3 Å². The zero-order chi connectivity index (χ0) is 19.8. The van der Waals surface area contributed by atoms with E-state index in [0.717, 1.165) is 38.8 Å². The van der Waals surface area contributed by atoms with Crippen LogP contribution in [0.2, 0.25) is 0 Å². The molecule has 0 atom stereocenters. The summed E-state index contributed by atoms with van der Waals surface area (Å²) in [6.07, 6.45) is 1.59. The van der Waals surface area contributed by atoms with Crippen LogP contribution in [-0.2, 0) is 0 Å². The van der Waals surface area contributed by atoms with Crippen LogP contribution in [0.25, 0.3) is 38.8 Å². The third kappa shape index (κ3) is 2.64. The molecule has 29 heavy (non-hydrogen) atoms. The molecule has 4 nitrogen and oxygen atoms in total. The van der Waals surface area contributed by atoms with E-state index in [4.69, 9.17) is 5.26 Å². The quantitative estimate of drug-likeness (QED) is 0.407.